The van der Waals surface area contributed by atoms with Gasteiger partial charge in [0.1, 0.15) is 5.82 Å². The van der Waals surface area contributed by atoms with Crippen LogP contribution in [0.3, 0.4) is 0 Å². The summed E-state index contributed by atoms with van der Waals surface area (Å²) < 4.78 is 13.8. The molecule has 20 heavy (non-hydrogen) atoms. The molecule has 0 N–H and O–H groups in total. The Bertz CT molecular complexity index is 566. The van der Waals surface area contributed by atoms with Crippen LogP contribution in [0.4, 0.5) is 4.39 Å². The monoisotopic (exact) mass is 354 g/mol. The highest BCUT2D eigenvalue weighted by molar-refractivity contribution is 9.10. The van der Waals surface area contributed by atoms with E-state index in [9.17, 15) is 4.39 Å². The smallest absolute Gasteiger partial charge is 0.124 e. The Balaban J connectivity index is 2.18. The van der Waals surface area contributed by atoms with Crippen molar-refractivity contribution < 1.29 is 4.39 Å². The zero-order chi connectivity index (χ0) is 14.5. The summed E-state index contributed by atoms with van der Waals surface area (Å²) in [5.74, 6) is -0.264. The number of unbranched alkanes of at least 4 members (excludes halogenated alkanes) is 1. The van der Waals surface area contributed by atoms with Gasteiger partial charge in [0.15, 0.2) is 0 Å². The second kappa shape index (κ2) is 7.24. The van der Waals surface area contributed by atoms with E-state index in [1.807, 2.05) is 0 Å². The molecule has 2 rings (SSSR count). The van der Waals surface area contributed by atoms with Crippen molar-refractivity contribution in [3.63, 3.8) is 0 Å². The first kappa shape index (κ1) is 15.5. The first-order valence-electron chi connectivity index (χ1n) is 6.79. The van der Waals surface area contributed by atoms with E-state index in [1.165, 1.54) is 30.5 Å². The molecule has 0 nitrogen and oxygen atoms in total. The molecule has 0 aliphatic carbocycles. The molecule has 2 aromatic carbocycles. The summed E-state index contributed by atoms with van der Waals surface area (Å²) in [6.07, 6.45) is 3.50. The third kappa shape index (κ3) is 3.83. The molecule has 1 unspecified atom stereocenters. The van der Waals surface area contributed by atoms with Crippen LogP contribution in [-0.4, -0.2) is 0 Å². The van der Waals surface area contributed by atoms with Gasteiger partial charge in [0.25, 0.3) is 0 Å². The van der Waals surface area contributed by atoms with Crippen LogP contribution in [0.5, 0.6) is 0 Å². The number of halogens is 3. The fourth-order valence-electron chi connectivity index (χ4n) is 2.12. The summed E-state index contributed by atoms with van der Waals surface area (Å²) in [5, 5.41) is -0.273. The molecule has 0 radical (unpaired) electrons. The van der Waals surface area contributed by atoms with Gasteiger partial charge in [-0.2, -0.15) is 0 Å². The van der Waals surface area contributed by atoms with Crippen LogP contribution in [0.1, 0.15) is 41.8 Å². The Morgan fingerprint density at radius 3 is 2.45 bits per heavy atom. The molecule has 1 atom stereocenters. The largest absolute Gasteiger partial charge is 0.207 e. The van der Waals surface area contributed by atoms with Crippen molar-refractivity contribution in [3.8, 4) is 0 Å². The second-order valence-corrected chi connectivity index (χ2v) is 6.16. The Morgan fingerprint density at radius 2 is 1.85 bits per heavy atom. The summed E-state index contributed by atoms with van der Waals surface area (Å²) in [7, 11) is 0. The summed E-state index contributed by atoms with van der Waals surface area (Å²) >= 11 is 9.86. The molecule has 0 aliphatic rings. The van der Waals surface area contributed by atoms with E-state index in [1.54, 1.807) is 6.07 Å². The van der Waals surface area contributed by atoms with Gasteiger partial charge in [0.2, 0.25) is 0 Å². The standard InChI is InChI=1S/C17H17BrClF/c1-2-3-4-12-5-7-13(8-6-12)17(19)15-10-9-14(20)11-16(15)18/h5-11,17H,2-4H2,1H3. The number of aryl methyl sites for hydroxylation is 1. The van der Waals surface area contributed by atoms with Crippen LogP contribution in [0.15, 0.2) is 46.9 Å². The molecule has 0 saturated heterocycles. The third-order valence-corrected chi connectivity index (χ3v) is 4.50. The highest BCUT2D eigenvalue weighted by atomic mass is 79.9. The maximum atomic E-state index is 13.1. The van der Waals surface area contributed by atoms with Crippen LogP contribution >= 0.6 is 27.5 Å². The minimum absolute atomic E-state index is 0.264. The van der Waals surface area contributed by atoms with Crippen molar-refractivity contribution >= 4 is 27.5 Å². The predicted octanol–water partition coefficient (Wildman–Crippen LogP) is 6.26. The molecule has 0 spiro atoms. The maximum absolute atomic E-state index is 13.1. The van der Waals surface area contributed by atoms with Crippen LogP contribution in [-0.2, 0) is 6.42 Å². The Kier molecular flexibility index (Phi) is 5.62. The van der Waals surface area contributed by atoms with Crippen LogP contribution in [0, 0.1) is 5.82 Å². The predicted molar refractivity (Wildman–Crippen MR) is 86.9 cm³/mol. The SMILES string of the molecule is CCCCc1ccc(C(Cl)c2ccc(F)cc2Br)cc1. The van der Waals surface area contributed by atoms with E-state index in [0.29, 0.717) is 4.47 Å². The van der Waals surface area contributed by atoms with Crippen molar-refractivity contribution in [1.29, 1.82) is 0 Å². The van der Waals surface area contributed by atoms with Crippen molar-refractivity contribution in [2.45, 2.75) is 31.6 Å². The number of benzene rings is 2. The number of rotatable bonds is 5. The Labute approximate surface area is 133 Å². The van der Waals surface area contributed by atoms with Crippen molar-refractivity contribution in [3.05, 3.63) is 69.4 Å². The molecular formula is C17H17BrClF. The molecule has 0 fully saturated rings. The number of hydrogen-bond acceptors (Lipinski definition) is 0. The minimum atomic E-state index is -0.273. The first-order chi connectivity index (χ1) is 9.61. The van der Waals surface area contributed by atoms with Crippen molar-refractivity contribution in [2.24, 2.45) is 0 Å². The van der Waals surface area contributed by atoms with E-state index in [0.717, 1.165) is 17.5 Å². The van der Waals surface area contributed by atoms with Gasteiger partial charge in [-0.25, -0.2) is 4.39 Å². The van der Waals surface area contributed by atoms with E-state index >= 15 is 0 Å². The van der Waals surface area contributed by atoms with Crippen LogP contribution < -0.4 is 0 Å². The lowest BCUT2D eigenvalue weighted by molar-refractivity contribution is 0.626. The third-order valence-electron chi connectivity index (χ3n) is 3.33. The molecule has 0 aliphatic heterocycles. The van der Waals surface area contributed by atoms with Gasteiger partial charge in [-0.15, -0.1) is 11.6 Å². The topological polar surface area (TPSA) is 0 Å². The van der Waals surface area contributed by atoms with Gasteiger partial charge in [0.05, 0.1) is 5.38 Å². The molecule has 0 aromatic heterocycles. The molecular weight excluding hydrogens is 339 g/mol. The first-order valence-corrected chi connectivity index (χ1v) is 8.02. The molecule has 0 heterocycles. The van der Waals surface area contributed by atoms with Crippen molar-refractivity contribution in [2.75, 3.05) is 0 Å². The Hall–Kier alpha value is -0.860. The zero-order valence-electron chi connectivity index (χ0n) is 11.4. The lowest BCUT2D eigenvalue weighted by Gasteiger charge is -2.13. The quantitative estimate of drug-likeness (QED) is 0.555. The summed E-state index contributed by atoms with van der Waals surface area (Å²) in [5.41, 5.74) is 3.24. The highest BCUT2D eigenvalue weighted by Gasteiger charge is 2.14. The normalized spacial score (nSPS) is 12.4. The van der Waals surface area contributed by atoms with Gasteiger partial charge in [-0.3, -0.25) is 0 Å². The number of hydrogen-bond donors (Lipinski definition) is 0. The molecule has 2 aromatic rings. The van der Waals surface area contributed by atoms with E-state index in [-0.39, 0.29) is 11.2 Å². The minimum Gasteiger partial charge on any atom is -0.207 e. The Morgan fingerprint density at radius 1 is 1.15 bits per heavy atom. The van der Waals surface area contributed by atoms with Gasteiger partial charge in [-0.05, 0) is 41.7 Å². The maximum Gasteiger partial charge on any atom is 0.124 e. The molecule has 0 saturated carbocycles. The van der Waals surface area contributed by atoms with Crippen LogP contribution in [0.2, 0.25) is 0 Å². The van der Waals surface area contributed by atoms with E-state index in [4.69, 9.17) is 11.6 Å². The molecule has 106 valence electrons. The van der Waals surface area contributed by atoms with Gasteiger partial charge in [0, 0.05) is 4.47 Å². The lowest BCUT2D eigenvalue weighted by Crippen LogP contribution is -1.96. The van der Waals surface area contributed by atoms with Gasteiger partial charge >= 0.3 is 0 Å². The lowest BCUT2D eigenvalue weighted by atomic mass is 10.0. The number of alkyl halides is 1. The average Bonchev–Trinajstić information content (AvgIpc) is 2.45. The van der Waals surface area contributed by atoms with E-state index < -0.39 is 0 Å². The summed E-state index contributed by atoms with van der Waals surface area (Å²) in [4.78, 5) is 0. The van der Waals surface area contributed by atoms with Crippen LogP contribution in [0.25, 0.3) is 0 Å². The zero-order valence-corrected chi connectivity index (χ0v) is 13.7. The van der Waals surface area contributed by atoms with E-state index in [2.05, 4.69) is 47.1 Å². The average molecular weight is 356 g/mol. The fraction of sp³-hybridized carbons (Fsp3) is 0.294. The molecule has 0 amide bonds. The molecule has 3 heteroatoms. The molecule has 0 bridgehead atoms. The van der Waals surface area contributed by atoms with Gasteiger partial charge < -0.3 is 0 Å². The highest BCUT2D eigenvalue weighted by Crippen LogP contribution is 2.34. The van der Waals surface area contributed by atoms with Crippen molar-refractivity contribution in [1.82, 2.24) is 0 Å². The second-order valence-electron chi connectivity index (χ2n) is 4.87. The summed E-state index contributed by atoms with van der Waals surface area (Å²) in [6, 6.07) is 13.0. The summed E-state index contributed by atoms with van der Waals surface area (Å²) in [6.45, 7) is 2.19. The fourth-order valence-corrected chi connectivity index (χ4v) is 3.17. The van der Waals surface area contributed by atoms with Gasteiger partial charge in [-0.1, -0.05) is 59.6 Å².